The third-order valence-corrected chi connectivity index (χ3v) is 4.60. The SMILES string of the molecule is CCc1ccc(C(=O)N[C@H]2COC[C@@H]2N2CCCCC2)[nH]1. The Morgan fingerprint density at radius 1 is 1.33 bits per heavy atom. The molecule has 1 aromatic heterocycles. The van der Waals surface area contributed by atoms with Crippen LogP contribution in [0.5, 0.6) is 0 Å². The first-order chi connectivity index (χ1) is 10.3. The molecule has 5 nitrogen and oxygen atoms in total. The number of nitrogens with one attached hydrogen (secondary N) is 2. The van der Waals surface area contributed by atoms with Crippen LogP contribution in [-0.4, -0.2) is 54.2 Å². The number of hydrogen-bond acceptors (Lipinski definition) is 3. The summed E-state index contributed by atoms with van der Waals surface area (Å²) >= 11 is 0. The van der Waals surface area contributed by atoms with Crippen molar-refractivity contribution in [1.82, 2.24) is 15.2 Å². The van der Waals surface area contributed by atoms with Crippen LogP contribution in [0.3, 0.4) is 0 Å². The molecule has 0 unspecified atom stereocenters. The average molecular weight is 291 g/mol. The highest BCUT2D eigenvalue weighted by Crippen LogP contribution is 2.19. The van der Waals surface area contributed by atoms with E-state index in [0.29, 0.717) is 18.3 Å². The number of H-pyrrole nitrogens is 1. The van der Waals surface area contributed by atoms with E-state index in [0.717, 1.165) is 31.8 Å². The molecule has 3 rings (SSSR count). The van der Waals surface area contributed by atoms with Crippen LogP contribution in [0.15, 0.2) is 12.1 Å². The molecule has 3 heterocycles. The molecule has 2 aliphatic rings. The zero-order chi connectivity index (χ0) is 14.7. The quantitative estimate of drug-likeness (QED) is 0.885. The van der Waals surface area contributed by atoms with Gasteiger partial charge in [-0.25, -0.2) is 0 Å². The smallest absolute Gasteiger partial charge is 0.268 e. The van der Waals surface area contributed by atoms with E-state index < -0.39 is 0 Å². The number of piperidine rings is 1. The van der Waals surface area contributed by atoms with Gasteiger partial charge in [0.15, 0.2) is 0 Å². The molecule has 21 heavy (non-hydrogen) atoms. The standard InChI is InChI=1S/C16H25N3O2/c1-2-12-6-7-13(17-12)16(20)18-14-10-21-11-15(14)19-8-4-3-5-9-19/h6-7,14-15,17H,2-5,8-11H2,1H3,(H,18,20)/t14-,15-/m0/s1. The van der Waals surface area contributed by atoms with Crippen molar-refractivity contribution in [2.75, 3.05) is 26.3 Å². The molecule has 0 aliphatic carbocycles. The summed E-state index contributed by atoms with van der Waals surface area (Å²) in [7, 11) is 0. The maximum atomic E-state index is 12.3. The van der Waals surface area contributed by atoms with Crippen LogP contribution < -0.4 is 5.32 Å². The maximum Gasteiger partial charge on any atom is 0.268 e. The molecule has 0 aromatic carbocycles. The van der Waals surface area contributed by atoms with Crippen molar-refractivity contribution in [3.8, 4) is 0 Å². The average Bonchev–Trinajstić information content (AvgIpc) is 3.17. The van der Waals surface area contributed by atoms with E-state index >= 15 is 0 Å². The predicted octanol–water partition coefficient (Wildman–Crippen LogP) is 1.56. The first-order valence-corrected chi connectivity index (χ1v) is 8.08. The van der Waals surface area contributed by atoms with E-state index in [1.54, 1.807) is 0 Å². The molecule has 2 saturated heterocycles. The van der Waals surface area contributed by atoms with Gasteiger partial charge in [0, 0.05) is 5.69 Å². The largest absolute Gasteiger partial charge is 0.378 e. The molecule has 1 amide bonds. The lowest BCUT2D eigenvalue weighted by Crippen LogP contribution is -2.52. The van der Waals surface area contributed by atoms with Crippen molar-refractivity contribution in [3.05, 3.63) is 23.5 Å². The third kappa shape index (κ3) is 3.30. The summed E-state index contributed by atoms with van der Waals surface area (Å²) in [5, 5.41) is 3.14. The van der Waals surface area contributed by atoms with Crippen LogP contribution in [0.25, 0.3) is 0 Å². The van der Waals surface area contributed by atoms with Crippen LogP contribution in [-0.2, 0) is 11.2 Å². The molecule has 0 spiro atoms. The summed E-state index contributed by atoms with van der Waals surface area (Å²) in [5.74, 6) is -0.0211. The minimum atomic E-state index is -0.0211. The molecule has 0 bridgehead atoms. The van der Waals surface area contributed by atoms with Gasteiger partial charge < -0.3 is 15.0 Å². The Kier molecular flexibility index (Phi) is 4.60. The molecular formula is C16H25N3O2. The van der Waals surface area contributed by atoms with Crippen molar-refractivity contribution in [2.45, 2.75) is 44.7 Å². The molecule has 0 radical (unpaired) electrons. The van der Waals surface area contributed by atoms with Gasteiger partial charge in [-0.2, -0.15) is 0 Å². The summed E-state index contributed by atoms with van der Waals surface area (Å²) in [5.41, 5.74) is 1.74. The number of rotatable bonds is 4. The van der Waals surface area contributed by atoms with E-state index in [-0.39, 0.29) is 11.9 Å². The lowest BCUT2D eigenvalue weighted by atomic mass is 10.0. The normalized spacial score (nSPS) is 26.9. The number of nitrogens with zero attached hydrogens (tertiary/aromatic N) is 1. The number of ether oxygens (including phenoxy) is 1. The monoisotopic (exact) mass is 291 g/mol. The third-order valence-electron chi connectivity index (χ3n) is 4.60. The highest BCUT2D eigenvalue weighted by Gasteiger charge is 2.34. The van der Waals surface area contributed by atoms with Crippen LogP contribution in [0.2, 0.25) is 0 Å². The highest BCUT2D eigenvalue weighted by molar-refractivity contribution is 5.92. The summed E-state index contributed by atoms with van der Waals surface area (Å²) in [6.07, 6.45) is 4.75. The van der Waals surface area contributed by atoms with E-state index in [1.165, 1.54) is 19.3 Å². The molecule has 1 aromatic rings. The van der Waals surface area contributed by atoms with Gasteiger partial charge in [0.25, 0.3) is 5.91 Å². The number of hydrogen-bond donors (Lipinski definition) is 2. The van der Waals surface area contributed by atoms with Gasteiger partial charge in [0.1, 0.15) is 5.69 Å². The van der Waals surface area contributed by atoms with Crippen molar-refractivity contribution in [1.29, 1.82) is 0 Å². The number of aryl methyl sites for hydroxylation is 1. The Hall–Kier alpha value is -1.33. The van der Waals surface area contributed by atoms with Crippen LogP contribution in [0.4, 0.5) is 0 Å². The fraction of sp³-hybridized carbons (Fsp3) is 0.688. The van der Waals surface area contributed by atoms with Crippen LogP contribution in [0.1, 0.15) is 42.4 Å². The zero-order valence-electron chi connectivity index (χ0n) is 12.7. The number of likely N-dealkylation sites (tertiary alicyclic amines) is 1. The minimum absolute atomic E-state index is 0.0211. The molecule has 2 fully saturated rings. The number of aromatic amines is 1. The Bertz CT molecular complexity index is 480. The van der Waals surface area contributed by atoms with Gasteiger partial charge in [-0.3, -0.25) is 9.69 Å². The van der Waals surface area contributed by atoms with Gasteiger partial charge >= 0.3 is 0 Å². The summed E-state index contributed by atoms with van der Waals surface area (Å²) in [6.45, 7) is 5.68. The van der Waals surface area contributed by atoms with Crippen molar-refractivity contribution in [3.63, 3.8) is 0 Å². The molecule has 0 saturated carbocycles. The van der Waals surface area contributed by atoms with E-state index in [4.69, 9.17) is 4.74 Å². The topological polar surface area (TPSA) is 57.4 Å². The fourth-order valence-electron chi connectivity index (χ4n) is 3.32. The molecule has 116 valence electrons. The molecule has 2 atom stereocenters. The van der Waals surface area contributed by atoms with Crippen LogP contribution >= 0.6 is 0 Å². The first kappa shape index (κ1) is 14.6. The van der Waals surface area contributed by atoms with E-state index in [9.17, 15) is 4.79 Å². The minimum Gasteiger partial charge on any atom is -0.378 e. The molecule has 2 N–H and O–H groups in total. The number of amides is 1. The molecule has 5 heteroatoms. The Morgan fingerprint density at radius 2 is 2.14 bits per heavy atom. The van der Waals surface area contributed by atoms with Gasteiger partial charge in [0.05, 0.1) is 25.3 Å². The second kappa shape index (κ2) is 6.62. The molecular weight excluding hydrogens is 266 g/mol. The second-order valence-electron chi connectivity index (χ2n) is 6.03. The van der Waals surface area contributed by atoms with Crippen LogP contribution in [0, 0.1) is 0 Å². The Labute approximate surface area is 126 Å². The van der Waals surface area contributed by atoms with E-state index in [2.05, 4.69) is 22.1 Å². The van der Waals surface area contributed by atoms with Gasteiger partial charge in [-0.05, 0) is 44.5 Å². The number of carbonyl (C=O) groups is 1. The summed E-state index contributed by atoms with van der Waals surface area (Å²) < 4.78 is 5.62. The fourth-order valence-corrected chi connectivity index (χ4v) is 3.32. The van der Waals surface area contributed by atoms with Gasteiger partial charge in [0.2, 0.25) is 0 Å². The van der Waals surface area contributed by atoms with Gasteiger partial charge in [-0.1, -0.05) is 13.3 Å². The predicted molar refractivity (Wildman–Crippen MR) is 81.5 cm³/mol. The van der Waals surface area contributed by atoms with Crippen molar-refractivity contribution < 1.29 is 9.53 Å². The molecule has 2 aliphatic heterocycles. The first-order valence-electron chi connectivity index (χ1n) is 8.08. The lowest BCUT2D eigenvalue weighted by molar-refractivity contribution is 0.0895. The summed E-state index contributed by atoms with van der Waals surface area (Å²) in [4.78, 5) is 18.0. The van der Waals surface area contributed by atoms with E-state index in [1.807, 2.05) is 12.1 Å². The number of carbonyl (C=O) groups excluding carboxylic acids is 1. The Balaban J connectivity index is 1.61. The maximum absolute atomic E-state index is 12.3. The summed E-state index contributed by atoms with van der Waals surface area (Å²) in [6, 6.07) is 4.26. The second-order valence-corrected chi connectivity index (χ2v) is 6.03. The highest BCUT2D eigenvalue weighted by atomic mass is 16.5. The number of aromatic nitrogens is 1. The lowest BCUT2D eigenvalue weighted by Gasteiger charge is -2.34. The Morgan fingerprint density at radius 3 is 2.86 bits per heavy atom. The zero-order valence-corrected chi connectivity index (χ0v) is 12.7. The van der Waals surface area contributed by atoms with Gasteiger partial charge in [-0.15, -0.1) is 0 Å². The van der Waals surface area contributed by atoms with Crippen molar-refractivity contribution in [2.24, 2.45) is 0 Å². The van der Waals surface area contributed by atoms with Crippen molar-refractivity contribution >= 4 is 5.91 Å².